The van der Waals surface area contributed by atoms with Gasteiger partial charge in [0.25, 0.3) is 0 Å². The smallest absolute Gasteiger partial charge is 0.417 e. The fraction of sp³-hybridized carbons (Fsp3) is 0.125. The fourth-order valence-electron chi connectivity index (χ4n) is 1.87. The van der Waals surface area contributed by atoms with Crippen LogP contribution in [0.1, 0.15) is 11.3 Å². The van der Waals surface area contributed by atoms with Crippen LogP contribution in [-0.4, -0.2) is 17.9 Å². The number of hydrazone groups is 1. The first-order valence-electron chi connectivity index (χ1n) is 6.86. The van der Waals surface area contributed by atoms with Crippen molar-refractivity contribution < 1.29 is 17.6 Å². The Kier molecular flexibility index (Phi) is 5.75. The van der Waals surface area contributed by atoms with E-state index >= 15 is 0 Å². The molecular formula is C16H14F3N3OS. The standard InChI is InChI=1S/C16H14F3N3OS/c1-2-9-20-15(24)22-21-10-11-7-8-14(23-11)12-5-3-4-6-13(12)16(17,18)19/h2-8,10H,1,9H2,(H2,20,22,24)/b21-10-. The van der Waals surface area contributed by atoms with Crippen molar-refractivity contribution in [3.8, 4) is 11.3 Å². The summed E-state index contributed by atoms with van der Waals surface area (Å²) in [4.78, 5) is 0. The van der Waals surface area contributed by atoms with E-state index in [0.29, 0.717) is 17.4 Å². The van der Waals surface area contributed by atoms with Crippen LogP contribution in [0.5, 0.6) is 0 Å². The van der Waals surface area contributed by atoms with Gasteiger partial charge in [0, 0.05) is 12.1 Å². The highest BCUT2D eigenvalue weighted by Crippen LogP contribution is 2.37. The number of nitrogens with zero attached hydrogens (tertiary/aromatic N) is 1. The zero-order chi connectivity index (χ0) is 17.6. The van der Waals surface area contributed by atoms with Crippen molar-refractivity contribution in [3.63, 3.8) is 0 Å². The lowest BCUT2D eigenvalue weighted by Crippen LogP contribution is -2.31. The number of alkyl halides is 3. The molecule has 0 amide bonds. The van der Waals surface area contributed by atoms with E-state index in [1.807, 2.05) is 0 Å². The first kappa shape index (κ1) is 17.7. The molecule has 0 spiro atoms. The molecule has 0 fully saturated rings. The van der Waals surface area contributed by atoms with Gasteiger partial charge >= 0.3 is 6.18 Å². The first-order valence-corrected chi connectivity index (χ1v) is 7.27. The maximum atomic E-state index is 13.0. The second-order valence-electron chi connectivity index (χ2n) is 4.61. The summed E-state index contributed by atoms with van der Waals surface area (Å²) in [5.41, 5.74) is 1.77. The van der Waals surface area contributed by atoms with E-state index < -0.39 is 11.7 Å². The minimum absolute atomic E-state index is 0.0271. The quantitative estimate of drug-likeness (QED) is 0.370. The highest BCUT2D eigenvalue weighted by Gasteiger charge is 2.34. The van der Waals surface area contributed by atoms with Crippen LogP contribution < -0.4 is 10.7 Å². The van der Waals surface area contributed by atoms with E-state index in [1.54, 1.807) is 6.08 Å². The summed E-state index contributed by atoms with van der Waals surface area (Å²) in [7, 11) is 0. The van der Waals surface area contributed by atoms with E-state index in [-0.39, 0.29) is 11.3 Å². The normalized spacial score (nSPS) is 11.5. The first-order chi connectivity index (χ1) is 11.4. The van der Waals surface area contributed by atoms with Gasteiger partial charge in [0.2, 0.25) is 0 Å². The molecule has 24 heavy (non-hydrogen) atoms. The number of halogens is 3. The Morgan fingerprint density at radius 1 is 1.25 bits per heavy atom. The molecule has 0 aliphatic heterocycles. The lowest BCUT2D eigenvalue weighted by Gasteiger charge is -2.10. The third-order valence-electron chi connectivity index (χ3n) is 2.89. The highest BCUT2D eigenvalue weighted by atomic mass is 32.1. The largest absolute Gasteiger partial charge is 0.455 e. The summed E-state index contributed by atoms with van der Waals surface area (Å²) in [5.74, 6) is 0.401. The van der Waals surface area contributed by atoms with Gasteiger partial charge < -0.3 is 9.73 Å². The summed E-state index contributed by atoms with van der Waals surface area (Å²) >= 11 is 4.94. The zero-order valence-corrected chi connectivity index (χ0v) is 13.2. The van der Waals surface area contributed by atoms with Gasteiger partial charge in [-0.3, -0.25) is 5.43 Å². The molecule has 0 unspecified atom stereocenters. The van der Waals surface area contributed by atoms with Crippen LogP contribution in [0.25, 0.3) is 11.3 Å². The maximum absolute atomic E-state index is 13.0. The summed E-state index contributed by atoms with van der Waals surface area (Å²) in [5, 5.41) is 6.94. The molecule has 0 bridgehead atoms. The number of furan rings is 1. The summed E-state index contributed by atoms with van der Waals surface area (Å²) in [6.45, 7) is 4.02. The van der Waals surface area contributed by atoms with Crippen molar-refractivity contribution >= 4 is 23.5 Å². The van der Waals surface area contributed by atoms with E-state index in [9.17, 15) is 13.2 Å². The number of hydrogen-bond donors (Lipinski definition) is 2. The van der Waals surface area contributed by atoms with Crippen LogP contribution >= 0.6 is 12.2 Å². The molecule has 1 aromatic carbocycles. The predicted molar refractivity (Wildman–Crippen MR) is 90.7 cm³/mol. The minimum atomic E-state index is -4.46. The number of rotatable bonds is 5. The molecule has 2 N–H and O–H groups in total. The Morgan fingerprint density at radius 2 is 2.00 bits per heavy atom. The number of thiocarbonyl (C=S) groups is 1. The molecule has 2 aromatic rings. The molecule has 0 saturated heterocycles. The maximum Gasteiger partial charge on any atom is 0.417 e. The van der Waals surface area contributed by atoms with Crippen LogP contribution in [-0.2, 0) is 6.18 Å². The Hall–Kier alpha value is -2.61. The van der Waals surface area contributed by atoms with Gasteiger partial charge in [-0.15, -0.1) is 6.58 Å². The van der Waals surface area contributed by atoms with Gasteiger partial charge in [-0.2, -0.15) is 18.3 Å². The van der Waals surface area contributed by atoms with E-state index in [0.717, 1.165) is 6.07 Å². The molecule has 2 rings (SSSR count). The minimum Gasteiger partial charge on any atom is -0.455 e. The second-order valence-corrected chi connectivity index (χ2v) is 5.02. The molecule has 0 radical (unpaired) electrons. The van der Waals surface area contributed by atoms with E-state index in [1.165, 1.54) is 36.5 Å². The van der Waals surface area contributed by atoms with Crippen LogP contribution in [0.15, 0.2) is 58.6 Å². The van der Waals surface area contributed by atoms with Crippen molar-refractivity contribution in [1.29, 1.82) is 0 Å². The molecule has 0 aliphatic rings. The topological polar surface area (TPSA) is 49.6 Å². The van der Waals surface area contributed by atoms with E-state index in [2.05, 4.69) is 22.4 Å². The van der Waals surface area contributed by atoms with E-state index in [4.69, 9.17) is 16.6 Å². The van der Waals surface area contributed by atoms with Crippen LogP contribution in [0, 0.1) is 0 Å². The molecule has 8 heteroatoms. The summed E-state index contributed by atoms with van der Waals surface area (Å²) in [6, 6.07) is 8.20. The molecular weight excluding hydrogens is 339 g/mol. The van der Waals surface area contributed by atoms with Crippen molar-refractivity contribution in [3.05, 3.63) is 60.4 Å². The van der Waals surface area contributed by atoms with Crippen LogP contribution in [0.3, 0.4) is 0 Å². The Morgan fingerprint density at radius 3 is 2.71 bits per heavy atom. The van der Waals surface area contributed by atoms with Gasteiger partial charge in [0.1, 0.15) is 11.5 Å². The Bertz CT molecular complexity index is 753. The molecule has 4 nitrogen and oxygen atoms in total. The summed E-state index contributed by atoms with van der Waals surface area (Å²) in [6.07, 6.45) is -1.50. The van der Waals surface area contributed by atoms with Crippen molar-refractivity contribution in [2.24, 2.45) is 5.10 Å². The molecule has 1 aromatic heterocycles. The molecule has 0 aliphatic carbocycles. The van der Waals surface area contributed by atoms with Gasteiger partial charge in [-0.05, 0) is 30.4 Å². The molecule has 0 atom stereocenters. The number of benzene rings is 1. The van der Waals surface area contributed by atoms with Gasteiger partial charge in [0.15, 0.2) is 5.11 Å². The highest BCUT2D eigenvalue weighted by molar-refractivity contribution is 7.80. The fourth-order valence-corrected chi connectivity index (χ4v) is 2.01. The molecule has 126 valence electrons. The predicted octanol–water partition coefficient (Wildman–Crippen LogP) is 3.95. The van der Waals surface area contributed by atoms with Crippen molar-refractivity contribution in [2.75, 3.05) is 6.54 Å². The van der Waals surface area contributed by atoms with Crippen LogP contribution in [0.2, 0.25) is 0 Å². The monoisotopic (exact) mass is 353 g/mol. The third-order valence-corrected chi connectivity index (χ3v) is 3.13. The average Bonchev–Trinajstić information content (AvgIpc) is 3.01. The SMILES string of the molecule is C=CCNC(=S)N/N=C\c1ccc(-c2ccccc2C(F)(F)F)o1. The second kappa shape index (κ2) is 7.78. The third kappa shape index (κ3) is 4.69. The van der Waals surface area contributed by atoms with Crippen LogP contribution in [0.4, 0.5) is 13.2 Å². The van der Waals surface area contributed by atoms with Crippen molar-refractivity contribution in [1.82, 2.24) is 10.7 Å². The number of nitrogens with one attached hydrogen (secondary N) is 2. The summed E-state index contributed by atoms with van der Waals surface area (Å²) < 4.78 is 44.5. The van der Waals surface area contributed by atoms with Gasteiger partial charge in [-0.1, -0.05) is 24.3 Å². The lowest BCUT2D eigenvalue weighted by atomic mass is 10.1. The Balaban J connectivity index is 2.12. The van der Waals surface area contributed by atoms with Gasteiger partial charge in [0.05, 0.1) is 11.8 Å². The molecule has 0 saturated carbocycles. The van der Waals surface area contributed by atoms with Gasteiger partial charge in [-0.25, -0.2) is 0 Å². The average molecular weight is 353 g/mol. The molecule has 1 heterocycles. The lowest BCUT2D eigenvalue weighted by molar-refractivity contribution is -0.137. The number of hydrogen-bond acceptors (Lipinski definition) is 3. The van der Waals surface area contributed by atoms with Crippen molar-refractivity contribution in [2.45, 2.75) is 6.18 Å². The Labute approximate surface area is 142 Å². The zero-order valence-electron chi connectivity index (χ0n) is 12.4.